The lowest BCUT2D eigenvalue weighted by atomic mass is 9.84. The van der Waals surface area contributed by atoms with Crippen LogP contribution in [0.5, 0.6) is 0 Å². The Balaban J connectivity index is 1.74. The molecule has 2 atom stereocenters. The lowest BCUT2D eigenvalue weighted by Crippen LogP contribution is -2.41. The normalized spacial score (nSPS) is 17.9. The molecule has 1 aliphatic rings. The van der Waals surface area contributed by atoms with Gasteiger partial charge in [-0.3, -0.25) is 0 Å². The van der Waals surface area contributed by atoms with Gasteiger partial charge in [0, 0.05) is 5.56 Å². The van der Waals surface area contributed by atoms with Gasteiger partial charge in [0.25, 0.3) is 0 Å². The summed E-state index contributed by atoms with van der Waals surface area (Å²) in [5, 5.41) is 17.3. The highest BCUT2D eigenvalue weighted by atomic mass is 32.2. The number of thioether (sulfide) groups is 1. The number of rotatable bonds is 9. The molecule has 5 rings (SSSR count). The zero-order valence-corrected chi connectivity index (χ0v) is 23.8. The molecule has 1 aliphatic heterocycles. The Morgan fingerprint density at radius 3 is 2.36 bits per heavy atom. The SMILES string of the molecule is CCc1ccccc1C(CN)CC1(c2ccccc2CC)SC(c2cc(F)ccc2F)=NN1c1nnc(C)s1. The lowest BCUT2D eigenvalue weighted by molar-refractivity contribution is 0.477. The average Bonchev–Trinajstić information content (AvgIpc) is 3.57. The van der Waals surface area contributed by atoms with Crippen LogP contribution in [0.2, 0.25) is 0 Å². The number of aromatic nitrogens is 2. The predicted octanol–water partition coefficient (Wildman–Crippen LogP) is 7.15. The van der Waals surface area contributed by atoms with E-state index in [1.807, 2.05) is 36.2 Å². The molecule has 39 heavy (non-hydrogen) atoms. The topological polar surface area (TPSA) is 67.4 Å². The molecule has 2 heterocycles. The van der Waals surface area contributed by atoms with Gasteiger partial charge in [-0.15, -0.1) is 10.2 Å². The van der Waals surface area contributed by atoms with E-state index in [2.05, 4.69) is 48.3 Å². The maximum Gasteiger partial charge on any atom is 0.230 e. The summed E-state index contributed by atoms with van der Waals surface area (Å²) in [5.74, 6) is -1.07. The van der Waals surface area contributed by atoms with E-state index in [0.29, 0.717) is 23.1 Å². The fraction of sp³-hybridized carbons (Fsp3) is 0.300. The van der Waals surface area contributed by atoms with Crippen LogP contribution in [0.1, 0.15) is 59.0 Å². The van der Waals surface area contributed by atoms with Crippen molar-refractivity contribution < 1.29 is 8.78 Å². The molecule has 0 saturated heterocycles. The van der Waals surface area contributed by atoms with Crippen molar-refractivity contribution in [2.75, 3.05) is 11.6 Å². The first-order valence-electron chi connectivity index (χ1n) is 13.1. The van der Waals surface area contributed by atoms with E-state index in [-0.39, 0.29) is 11.5 Å². The maximum absolute atomic E-state index is 15.1. The van der Waals surface area contributed by atoms with Crippen LogP contribution in [-0.4, -0.2) is 21.8 Å². The van der Waals surface area contributed by atoms with Crippen LogP contribution < -0.4 is 10.7 Å². The average molecular weight is 564 g/mol. The van der Waals surface area contributed by atoms with E-state index < -0.39 is 16.5 Å². The summed E-state index contributed by atoms with van der Waals surface area (Å²) in [6.45, 7) is 6.57. The highest BCUT2D eigenvalue weighted by Gasteiger charge is 2.50. The third-order valence-electron chi connectivity index (χ3n) is 7.16. The van der Waals surface area contributed by atoms with Crippen molar-refractivity contribution in [1.29, 1.82) is 0 Å². The van der Waals surface area contributed by atoms with Crippen LogP contribution in [0.4, 0.5) is 13.9 Å². The van der Waals surface area contributed by atoms with E-state index in [9.17, 15) is 4.39 Å². The maximum atomic E-state index is 15.1. The van der Waals surface area contributed by atoms with Gasteiger partial charge in [0.15, 0.2) is 0 Å². The first-order valence-corrected chi connectivity index (χ1v) is 14.7. The minimum absolute atomic E-state index is 0.0259. The highest BCUT2D eigenvalue weighted by molar-refractivity contribution is 8.15. The standard InChI is InChI=1S/C30H31F2N5S2/c1-4-20-10-6-8-12-24(20)22(18-33)17-30(26-13-9-7-11-21(26)5-2)37(29-35-34-19(3)38-29)36-28(39-30)25-16-23(31)14-15-27(25)32/h6-16,22H,4-5,17-18,33H2,1-3H3. The third-order valence-corrected chi connectivity index (χ3v) is 9.36. The molecular formula is C30H31F2N5S2. The van der Waals surface area contributed by atoms with Crippen LogP contribution in [0.15, 0.2) is 71.8 Å². The molecule has 2 N–H and O–H groups in total. The van der Waals surface area contributed by atoms with Gasteiger partial charge in [-0.1, -0.05) is 85.5 Å². The van der Waals surface area contributed by atoms with Gasteiger partial charge in [0.05, 0.1) is 0 Å². The van der Waals surface area contributed by atoms with E-state index in [4.69, 9.17) is 10.8 Å². The number of hydrogen-bond donors (Lipinski definition) is 1. The van der Waals surface area contributed by atoms with E-state index >= 15 is 4.39 Å². The quantitative estimate of drug-likeness (QED) is 0.234. The largest absolute Gasteiger partial charge is 0.330 e. The minimum Gasteiger partial charge on any atom is -0.330 e. The number of aryl methyl sites for hydroxylation is 3. The summed E-state index contributed by atoms with van der Waals surface area (Å²) in [7, 11) is 0. The van der Waals surface area contributed by atoms with Crippen molar-refractivity contribution in [2.45, 2.75) is 50.8 Å². The zero-order valence-electron chi connectivity index (χ0n) is 22.2. The summed E-state index contributed by atoms with van der Waals surface area (Å²) in [5.41, 5.74) is 11.2. The second-order valence-corrected chi connectivity index (χ2v) is 12.0. The molecule has 0 saturated carbocycles. The zero-order chi connectivity index (χ0) is 27.6. The molecule has 3 aromatic carbocycles. The Labute approximate surface area is 236 Å². The van der Waals surface area contributed by atoms with Gasteiger partial charge < -0.3 is 5.73 Å². The summed E-state index contributed by atoms with van der Waals surface area (Å²) in [4.78, 5) is -0.822. The Morgan fingerprint density at radius 1 is 0.949 bits per heavy atom. The molecule has 0 radical (unpaired) electrons. The number of halogens is 2. The molecule has 0 spiro atoms. The van der Waals surface area contributed by atoms with Crippen molar-refractivity contribution in [3.63, 3.8) is 0 Å². The van der Waals surface area contributed by atoms with Crippen molar-refractivity contribution >= 4 is 33.3 Å². The number of nitrogens with two attached hydrogens (primary N) is 1. The second-order valence-electron chi connectivity index (χ2n) is 9.53. The first kappa shape index (κ1) is 27.4. The van der Waals surface area contributed by atoms with Gasteiger partial charge in [-0.2, -0.15) is 5.10 Å². The molecule has 0 fully saturated rings. The van der Waals surface area contributed by atoms with Crippen LogP contribution >= 0.6 is 23.1 Å². The van der Waals surface area contributed by atoms with Crippen LogP contribution in [0, 0.1) is 18.6 Å². The summed E-state index contributed by atoms with van der Waals surface area (Å²) in [6, 6.07) is 20.1. The van der Waals surface area contributed by atoms with Gasteiger partial charge >= 0.3 is 0 Å². The van der Waals surface area contributed by atoms with Gasteiger partial charge in [0.2, 0.25) is 5.13 Å². The Morgan fingerprint density at radius 2 is 1.67 bits per heavy atom. The molecule has 0 aliphatic carbocycles. The molecular weight excluding hydrogens is 532 g/mol. The van der Waals surface area contributed by atoms with Crippen LogP contribution in [0.25, 0.3) is 0 Å². The number of nitrogens with zero attached hydrogens (tertiary/aromatic N) is 4. The van der Waals surface area contributed by atoms with Crippen LogP contribution in [0.3, 0.4) is 0 Å². The highest BCUT2D eigenvalue weighted by Crippen LogP contribution is 2.55. The third kappa shape index (κ3) is 5.23. The fourth-order valence-corrected chi connectivity index (χ4v) is 7.54. The number of anilines is 1. The van der Waals surface area contributed by atoms with E-state index in [1.54, 1.807) is 0 Å². The summed E-state index contributed by atoms with van der Waals surface area (Å²) >= 11 is 2.86. The Hall–Kier alpha value is -3.14. The van der Waals surface area contributed by atoms with Crippen LogP contribution in [-0.2, 0) is 17.7 Å². The van der Waals surface area contributed by atoms with Gasteiger partial charge in [-0.25, -0.2) is 13.8 Å². The predicted molar refractivity (Wildman–Crippen MR) is 157 cm³/mol. The van der Waals surface area contributed by atoms with E-state index in [1.165, 1.54) is 40.3 Å². The Kier molecular flexibility index (Phi) is 8.11. The molecule has 0 amide bonds. The molecule has 1 aromatic heterocycles. The first-order chi connectivity index (χ1) is 18.9. The number of hydrazone groups is 1. The number of benzene rings is 3. The number of hydrogen-bond acceptors (Lipinski definition) is 7. The van der Waals surface area contributed by atoms with E-state index in [0.717, 1.165) is 41.1 Å². The van der Waals surface area contributed by atoms with Crippen molar-refractivity contribution in [3.05, 3.63) is 111 Å². The molecule has 5 nitrogen and oxygen atoms in total. The minimum atomic E-state index is -0.822. The lowest BCUT2D eigenvalue weighted by Gasteiger charge is -2.39. The second kappa shape index (κ2) is 11.5. The smallest absolute Gasteiger partial charge is 0.230 e. The monoisotopic (exact) mass is 563 g/mol. The fourth-order valence-electron chi connectivity index (χ4n) is 5.26. The van der Waals surface area contributed by atoms with Gasteiger partial charge in [-0.05, 0) is 79.1 Å². The Bertz CT molecular complexity index is 1500. The van der Waals surface area contributed by atoms with Crippen molar-refractivity contribution in [1.82, 2.24) is 10.2 Å². The summed E-state index contributed by atoms with van der Waals surface area (Å²) < 4.78 is 29.5. The van der Waals surface area contributed by atoms with Crippen molar-refractivity contribution in [3.8, 4) is 0 Å². The molecule has 4 aromatic rings. The molecule has 0 bridgehead atoms. The molecule has 9 heteroatoms. The molecule has 202 valence electrons. The summed E-state index contributed by atoms with van der Waals surface area (Å²) in [6.07, 6.45) is 2.25. The van der Waals surface area contributed by atoms with Crippen molar-refractivity contribution in [2.24, 2.45) is 10.8 Å². The van der Waals surface area contributed by atoms with Gasteiger partial charge in [0.1, 0.15) is 26.6 Å². The molecule has 2 unspecified atom stereocenters.